The van der Waals surface area contributed by atoms with Gasteiger partial charge in [0.1, 0.15) is 10.0 Å². The average Bonchev–Trinajstić information content (AvgIpc) is 3.41. The van der Waals surface area contributed by atoms with Gasteiger partial charge in [0.2, 0.25) is 0 Å². The molecular weight excluding hydrogens is 446 g/mol. The summed E-state index contributed by atoms with van der Waals surface area (Å²) in [5.41, 5.74) is 2.03. The molecule has 1 saturated heterocycles. The summed E-state index contributed by atoms with van der Waals surface area (Å²) in [5.74, 6) is -0.472. The third-order valence-corrected chi connectivity index (χ3v) is 6.33. The highest BCUT2D eigenvalue weighted by molar-refractivity contribution is 8.26. The molecule has 0 aliphatic carbocycles. The molecule has 1 aliphatic heterocycles. The number of nitrogens with zero attached hydrogens (tertiary/aromatic N) is 3. The standard InChI is InChI=1S/C19H15N3O5S3/c23-18-16(29-19(28)21(18)8-10-30(24,25)26)11-13-12-22(14-5-2-1-3-6-14)20-17(13)15-7-4-9-27-15/h1-7,9,11-12H,8,10H2,(H,24,25,26)/b16-11-. The molecule has 0 bridgehead atoms. The molecule has 3 heterocycles. The Kier molecular flexibility index (Phi) is 5.60. The van der Waals surface area contributed by atoms with Crippen molar-refractivity contribution in [1.82, 2.24) is 14.7 Å². The number of hydrogen-bond donors (Lipinski definition) is 1. The molecule has 1 aromatic carbocycles. The molecule has 0 saturated carbocycles. The number of furan rings is 1. The van der Waals surface area contributed by atoms with Crippen LogP contribution in [0.2, 0.25) is 0 Å². The highest BCUT2D eigenvalue weighted by atomic mass is 32.2. The Hall–Kier alpha value is -2.73. The van der Waals surface area contributed by atoms with Crippen LogP contribution in [0.5, 0.6) is 0 Å². The van der Waals surface area contributed by atoms with E-state index in [1.807, 2.05) is 30.3 Å². The van der Waals surface area contributed by atoms with Crippen molar-refractivity contribution < 1.29 is 22.2 Å². The van der Waals surface area contributed by atoms with Crippen LogP contribution in [0, 0.1) is 0 Å². The predicted molar refractivity (Wildman–Crippen MR) is 118 cm³/mol. The van der Waals surface area contributed by atoms with Crippen LogP contribution in [0.4, 0.5) is 0 Å². The first-order chi connectivity index (χ1) is 14.3. The van der Waals surface area contributed by atoms with Gasteiger partial charge < -0.3 is 4.42 Å². The number of carbonyl (C=O) groups excluding carboxylic acids is 1. The van der Waals surface area contributed by atoms with E-state index < -0.39 is 21.8 Å². The summed E-state index contributed by atoms with van der Waals surface area (Å²) < 4.78 is 38.4. The van der Waals surface area contributed by atoms with Crippen LogP contribution in [-0.4, -0.2) is 50.2 Å². The van der Waals surface area contributed by atoms with Crippen molar-refractivity contribution in [2.45, 2.75) is 0 Å². The topological polar surface area (TPSA) is 106 Å². The lowest BCUT2D eigenvalue weighted by atomic mass is 10.2. The van der Waals surface area contributed by atoms with Crippen molar-refractivity contribution in [3.8, 4) is 17.1 Å². The van der Waals surface area contributed by atoms with Crippen LogP contribution in [0.3, 0.4) is 0 Å². The Morgan fingerprint density at radius 1 is 1.20 bits per heavy atom. The van der Waals surface area contributed by atoms with E-state index in [1.165, 1.54) is 6.26 Å². The summed E-state index contributed by atoms with van der Waals surface area (Å²) in [7, 11) is -4.21. The maximum Gasteiger partial charge on any atom is 0.266 e. The van der Waals surface area contributed by atoms with Crippen LogP contribution < -0.4 is 0 Å². The van der Waals surface area contributed by atoms with Gasteiger partial charge in [-0.05, 0) is 30.3 Å². The Balaban J connectivity index is 1.70. The van der Waals surface area contributed by atoms with E-state index in [9.17, 15) is 13.2 Å². The van der Waals surface area contributed by atoms with Crippen LogP contribution >= 0.6 is 24.0 Å². The first-order valence-electron chi connectivity index (χ1n) is 8.71. The number of thioether (sulfide) groups is 1. The smallest absolute Gasteiger partial charge is 0.266 e. The first-order valence-corrected chi connectivity index (χ1v) is 11.5. The van der Waals surface area contributed by atoms with Gasteiger partial charge >= 0.3 is 0 Å². The van der Waals surface area contributed by atoms with Gasteiger partial charge in [0.05, 0.1) is 22.6 Å². The zero-order valence-corrected chi connectivity index (χ0v) is 17.8. The Bertz CT molecular complexity index is 1230. The molecular formula is C19H15N3O5S3. The fourth-order valence-corrected chi connectivity index (χ4v) is 4.56. The van der Waals surface area contributed by atoms with Crippen molar-refractivity contribution in [2.75, 3.05) is 12.3 Å². The molecule has 1 aliphatic rings. The van der Waals surface area contributed by atoms with Crippen molar-refractivity contribution in [2.24, 2.45) is 0 Å². The molecule has 0 radical (unpaired) electrons. The third-order valence-electron chi connectivity index (χ3n) is 4.25. The summed E-state index contributed by atoms with van der Waals surface area (Å²) in [6.07, 6.45) is 4.96. The van der Waals surface area contributed by atoms with E-state index in [2.05, 4.69) is 5.10 Å². The van der Waals surface area contributed by atoms with Gasteiger partial charge in [-0.3, -0.25) is 14.2 Å². The summed E-state index contributed by atoms with van der Waals surface area (Å²) in [4.78, 5) is 14.2. The number of carbonyl (C=O) groups is 1. The summed E-state index contributed by atoms with van der Waals surface area (Å²) in [6.45, 7) is -0.213. The molecule has 0 atom stereocenters. The van der Waals surface area contributed by atoms with Gasteiger partial charge in [-0.2, -0.15) is 13.5 Å². The van der Waals surface area contributed by atoms with Crippen LogP contribution in [0.15, 0.2) is 64.2 Å². The minimum atomic E-state index is -4.21. The minimum Gasteiger partial charge on any atom is -0.463 e. The predicted octanol–water partition coefficient (Wildman–Crippen LogP) is 3.22. The molecule has 8 nitrogen and oxygen atoms in total. The fraction of sp³-hybridized carbons (Fsp3) is 0.105. The van der Waals surface area contributed by atoms with Gasteiger partial charge in [-0.25, -0.2) is 4.68 Å². The highest BCUT2D eigenvalue weighted by Crippen LogP contribution is 2.34. The number of para-hydroxylation sites is 1. The quantitative estimate of drug-likeness (QED) is 0.339. The van der Waals surface area contributed by atoms with Crippen molar-refractivity contribution in [1.29, 1.82) is 0 Å². The molecule has 30 heavy (non-hydrogen) atoms. The van der Waals surface area contributed by atoms with Gasteiger partial charge in [0, 0.05) is 18.3 Å². The normalized spacial score (nSPS) is 16.0. The van der Waals surface area contributed by atoms with Crippen LogP contribution in [0.25, 0.3) is 23.2 Å². The maximum absolute atomic E-state index is 12.7. The van der Waals surface area contributed by atoms with E-state index in [0.717, 1.165) is 22.3 Å². The number of thiocarbonyl (C=S) groups is 1. The van der Waals surface area contributed by atoms with Crippen molar-refractivity contribution in [3.05, 3.63) is 65.4 Å². The number of rotatable bonds is 6. The van der Waals surface area contributed by atoms with Crippen molar-refractivity contribution in [3.63, 3.8) is 0 Å². The second-order valence-electron chi connectivity index (χ2n) is 6.31. The maximum atomic E-state index is 12.7. The van der Waals surface area contributed by atoms with E-state index in [-0.39, 0.29) is 10.9 Å². The number of amides is 1. The zero-order valence-electron chi connectivity index (χ0n) is 15.3. The van der Waals surface area contributed by atoms with Crippen molar-refractivity contribution >= 4 is 50.4 Å². The Labute approximate surface area is 181 Å². The molecule has 1 N–H and O–H groups in total. The lowest BCUT2D eigenvalue weighted by molar-refractivity contribution is -0.121. The Morgan fingerprint density at radius 2 is 1.97 bits per heavy atom. The third kappa shape index (κ3) is 4.38. The van der Waals surface area contributed by atoms with Gasteiger partial charge in [-0.15, -0.1) is 0 Å². The van der Waals surface area contributed by atoms with Gasteiger partial charge in [-0.1, -0.05) is 42.2 Å². The Morgan fingerprint density at radius 3 is 2.63 bits per heavy atom. The first kappa shape index (κ1) is 20.5. The fourth-order valence-electron chi connectivity index (χ4n) is 2.85. The molecule has 0 unspecified atom stereocenters. The van der Waals surface area contributed by atoms with Gasteiger partial charge in [0.15, 0.2) is 5.76 Å². The monoisotopic (exact) mass is 461 g/mol. The largest absolute Gasteiger partial charge is 0.463 e. The second-order valence-corrected chi connectivity index (χ2v) is 9.56. The summed E-state index contributed by atoms with van der Waals surface area (Å²) >= 11 is 6.27. The zero-order chi connectivity index (χ0) is 21.3. The summed E-state index contributed by atoms with van der Waals surface area (Å²) in [6, 6.07) is 13.0. The molecule has 0 spiro atoms. The number of hydrogen-bond acceptors (Lipinski definition) is 7. The van der Waals surface area contributed by atoms with Crippen LogP contribution in [-0.2, 0) is 14.9 Å². The van der Waals surface area contributed by atoms with Crippen LogP contribution in [0.1, 0.15) is 5.56 Å². The molecule has 11 heteroatoms. The summed E-state index contributed by atoms with van der Waals surface area (Å²) in [5, 5.41) is 4.60. The molecule has 3 aromatic rings. The number of aromatic nitrogens is 2. The van der Waals surface area contributed by atoms with E-state index in [1.54, 1.807) is 29.1 Å². The van der Waals surface area contributed by atoms with E-state index in [4.69, 9.17) is 21.2 Å². The highest BCUT2D eigenvalue weighted by Gasteiger charge is 2.33. The lowest BCUT2D eigenvalue weighted by Crippen LogP contribution is -2.32. The molecule has 1 fully saturated rings. The van der Waals surface area contributed by atoms with Gasteiger partial charge in [0.25, 0.3) is 16.0 Å². The molecule has 1 amide bonds. The molecule has 154 valence electrons. The number of benzene rings is 1. The average molecular weight is 462 g/mol. The van der Waals surface area contributed by atoms with E-state index in [0.29, 0.717) is 21.9 Å². The molecule has 2 aromatic heterocycles. The SMILES string of the molecule is O=C1/C(=C/c2cn(-c3ccccc3)nc2-c2ccco2)SC(=S)N1CCS(=O)(=O)O. The second kappa shape index (κ2) is 8.19. The lowest BCUT2D eigenvalue weighted by Gasteiger charge is -2.12. The van der Waals surface area contributed by atoms with E-state index >= 15 is 0 Å². The minimum absolute atomic E-state index is 0.213. The molecule has 4 rings (SSSR count).